The maximum absolute atomic E-state index is 11.8. The third-order valence-electron chi connectivity index (χ3n) is 2.59. The van der Waals surface area contributed by atoms with E-state index in [4.69, 9.17) is 5.26 Å². The topological polar surface area (TPSA) is 52.9 Å². The van der Waals surface area contributed by atoms with Crippen molar-refractivity contribution in [2.24, 2.45) is 5.92 Å². The number of benzene rings is 1. The molecule has 0 bridgehead atoms. The van der Waals surface area contributed by atoms with Crippen LogP contribution in [0.15, 0.2) is 22.7 Å². The third-order valence-corrected chi connectivity index (χ3v) is 3.08. The van der Waals surface area contributed by atoms with Gasteiger partial charge in [0.25, 0.3) is 0 Å². The summed E-state index contributed by atoms with van der Waals surface area (Å²) < 4.78 is 0.986. The van der Waals surface area contributed by atoms with Gasteiger partial charge in [0.2, 0.25) is 5.91 Å². The molecule has 17 heavy (non-hydrogen) atoms. The van der Waals surface area contributed by atoms with Gasteiger partial charge in [0.15, 0.2) is 0 Å². The highest BCUT2D eigenvalue weighted by Gasteiger charge is 2.16. The highest BCUT2D eigenvalue weighted by molar-refractivity contribution is 9.10. The fourth-order valence-corrected chi connectivity index (χ4v) is 1.94. The lowest BCUT2D eigenvalue weighted by molar-refractivity contribution is -0.118. The molecule has 0 spiro atoms. The van der Waals surface area contributed by atoms with E-state index < -0.39 is 5.92 Å². The monoisotopic (exact) mass is 294 g/mol. The molecule has 4 heteroatoms. The Morgan fingerprint density at radius 1 is 1.53 bits per heavy atom. The lowest BCUT2D eigenvalue weighted by Crippen LogP contribution is -2.21. The minimum absolute atomic E-state index is 0.230. The number of rotatable bonds is 4. The zero-order valence-corrected chi connectivity index (χ0v) is 11.5. The second kappa shape index (κ2) is 6.41. The van der Waals surface area contributed by atoms with Crippen LogP contribution in [-0.4, -0.2) is 5.91 Å². The smallest absolute Gasteiger partial charge is 0.241 e. The van der Waals surface area contributed by atoms with E-state index in [1.165, 1.54) is 0 Å². The number of nitrogens with one attached hydrogen (secondary N) is 1. The molecule has 0 aromatic heterocycles. The van der Waals surface area contributed by atoms with Gasteiger partial charge in [-0.05, 0) is 36.6 Å². The lowest BCUT2D eigenvalue weighted by atomic mass is 10.1. The first-order valence-electron chi connectivity index (χ1n) is 5.61. The molecule has 0 aliphatic carbocycles. The molecule has 1 unspecified atom stereocenters. The molecule has 3 nitrogen and oxygen atoms in total. The molecule has 1 aromatic carbocycles. The van der Waals surface area contributed by atoms with E-state index >= 15 is 0 Å². The molecule has 1 amide bonds. The van der Waals surface area contributed by atoms with Gasteiger partial charge in [-0.3, -0.25) is 4.79 Å². The Morgan fingerprint density at radius 3 is 2.76 bits per heavy atom. The van der Waals surface area contributed by atoms with Crippen LogP contribution in [0.4, 0.5) is 5.69 Å². The normalized spacial score (nSPS) is 11.6. The molecule has 1 N–H and O–H groups in total. The maximum Gasteiger partial charge on any atom is 0.241 e. The van der Waals surface area contributed by atoms with Crippen molar-refractivity contribution in [1.29, 1.82) is 5.26 Å². The van der Waals surface area contributed by atoms with Crippen molar-refractivity contribution in [3.8, 4) is 6.07 Å². The van der Waals surface area contributed by atoms with Crippen molar-refractivity contribution in [3.05, 3.63) is 28.2 Å². The van der Waals surface area contributed by atoms with Gasteiger partial charge in [-0.25, -0.2) is 0 Å². The summed E-state index contributed by atoms with van der Waals surface area (Å²) in [6.45, 7) is 3.86. The second-order valence-electron chi connectivity index (χ2n) is 3.73. The summed E-state index contributed by atoms with van der Waals surface area (Å²) in [6.07, 6.45) is 1.36. The Bertz CT molecular complexity index is 451. The minimum atomic E-state index is -0.580. The molecule has 1 atom stereocenters. The summed E-state index contributed by atoms with van der Waals surface area (Å²) in [5.74, 6) is -0.810. The third kappa shape index (κ3) is 3.57. The van der Waals surface area contributed by atoms with Gasteiger partial charge >= 0.3 is 0 Å². The molecular weight excluding hydrogens is 280 g/mol. The number of carbonyl (C=O) groups is 1. The van der Waals surface area contributed by atoms with Crippen molar-refractivity contribution in [3.63, 3.8) is 0 Å². The standard InChI is InChI=1S/C13H15BrN2O/c1-3-9-7-11(14)5-6-12(9)16-13(17)10(4-2)8-15/h5-7,10H,3-4H2,1-2H3,(H,16,17). The molecule has 0 heterocycles. The average molecular weight is 295 g/mol. The number of nitrogens with zero attached hydrogens (tertiary/aromatic N) is 1. The van der Waals surface area contributed by atoms with E-state index in [1.54, 1.807) is 0 Å². The van der Waals surface area contributed by atoms with Crippen molar-refractivity contribution in [2.75, 3.05) is 5.32 Å². The fraction of sp³-hybridized carbons (Fsp3) is 0.385. The van der Waals surface area contributed by atoms with Crippen LogP contribution in [0, 0.1) is 17.2 Å². The summed E-state index contributed by atoms with van der Waals surface area (Å²) in [7, 11) is 0. The zero-order valence-electron chi connectivity index (χ0n) is 9.96. The van der Waals surface area contributed by atoms with Gasteiger partial charge in [0.05, 0.1) is 6.07 Å². The number of carbonyl (C=O) groups excluding carboxylic acids is 1. The average Bonchev–Trinajstić information content (AvgIpc) is 2.33. The number of halogens is 1. The van der Waals surface area contributed by atoms with Crippen LogP contribution in [0.25, 0.3) is 0 Å². The summed E-state index contributed by atoms with van der Waals surface area (Å²) in [5, 5.41) is 11.6. The van der Waals surface area contributed by atoms with Crippen LogP contribution < -0.4 is 5.32 Å². The Balaban J connectivity index is 2.89. The van der Waals surface area contributed by atoms with E-state index in [0.717, 1.165) is 22.1 Å². The van der Waals surface area contributed by atoms with Crippen LogP contribution in [0.2, 0.25) is 0 Å². The van der Waals surface area contributed by atoms with E-state index in [-0.39, 0.29) is 5.91 Å². The van der Waals surface area contributed by atoms with Gasteiger partial charge in [0, 0.05) is 10.2 Å². The van der Waals surface area contributed by atoms with Crippen molar-refractivity contribution in [2.45, 2.75) is 26.7 Å². The largest absolute Gasteiger partial charge is 0.325 e. The van der Waals surface area contributed by atoms with Crippen LogP contribution in [0.3, 0.4) is 0 Å². The maximum atomic E-state index is 11.8. The summed E-state index contributed by atoms with van der Waals surface area (Å²) in [5.41, 5.74) is 1.84. The Hall–Kier alpha value is -1.34. The number of nitriles is 1. The van der Waals surface area contributed by atoms with E-state index in [9.17, 15) is 4.79 Å². The molecule has 0 aliphatic heterocycles. The summed E-state index contributed by atoms with van der Waals surface area (Å²) in [6, 6.07) is 7.70. The van der Waals surface area contributed by atoms with Crippen LogP contribution in [0.5, 0.6) is 0 Å². The van der Waals surface area contributed by atoms with Crippen molar-refractivity contribution in [1.82, 2.24) is 0 Å². The Kier molecular flexibility index (Phi) is 5.17. The Morgan fingerprint density at radius 2 is 2.24 bits per heavy atom. The quantitative estimate of drug-likeness (QED) is 0.924. The number of hydrogen-bond donors (Lipinski definition) is 1. The predicted molar refractivity (Wildman–Crippen MR) is 71.5 cm³/mol. The lowest BCUT2D eigenvalue weighted by Gasteiger charge is -2.12. The van der Waals surface area contributed by atoms with E-state index in [1.807, 2.05) is 38.1 Å². The molecule has 0 saturated carbocycles. The first-order valence-corrected chi connectivity index (χ1v) is 6.40. The van der Waals surface area contributed by atoms with Gasteiger partial charge in [-0.2, -0.15) is 5.26 Å². The highest BCUT2D eigenvalue weighted by Crippen LogP contribution is 2.22. The van der Waals surface area contributed by atoms with Crippen LogP contribution >= 0.6 is 15.9 Å². The SMILES string of the molecule is CCc1cc(Br)ccc1NC(=O)C(C#N)CC. The highest BCUT2D eigenvalue weighted by atomic mass is 79.9. The van der Waals surface area contributed by atoms with Crippen LogP contribution in [-0.2, 0) is 11.2 Å². The molecule has 1 rings (SSSR count). The van der Waals surface area contributed by atoms with E-state index in [2.05, 4.69) is 21.2 Å². The molecule has 0 fully saturated rings. The molecular formula is C13H15BrN2O. The molecule has 0 saturated heterocycles. The first-order chi connectivity index (χ1) is 8.12. The van der Waals surface area contributed by atoms with Crippen molar-refractivity contribution < 1.29 is 4.79 Å². The predicted octanol–water partition coefficient (Wildman–Crippen LogP) is 3.50. The zero-order chi connectivity index (χ0) is 12.8. The fourth-order valence-electron chi connectivity index (χ4n) is 1.53. The van der Waals surface area contributed by atoms with Gasteiger partial charge in [0.1, 0.15) is 5.92 Å². The molecule has 0 aliphatic rings. The van der Waals surface area contributed by atoms with Gasteiger partial charge < -0.3 is 5.32 Å². The van der Waals surface area contributed by atoms with Crippen molar-refractivity contribution >= 4 is 27.5 Å². The molecule has 90 valence electrons. The minimum Gasteiger partial charge on any atom is -0.325 e. The van der Waals surface area contributed by atoms with Gasteiger partial charge in [-0.1, -0.05) is 29.8 Å². The second-order valence-corrected chi connectivity index (χ2v) is 4.65. The van der Waals surface area contributed by atoms with E-state index in [0.29, 0.717) is 6.42 Å². The number of amides is 1. The molecule has 0 radical (unpaired) electrons. The molecule has 1 aromatic rings. The number of anilines is 1. The van der Waals surface area contributed by atoms with Crippen LogP contribution in [0.1, 0.15) is 25.8 Å². The number of hydrogen-bond acceptors (Lipinski definition) is 2. The Labute approximate surface area is 110 Å². The number of aryl methyl sites for hydroxylation is 1. The van der Waals surface area contributed by atoms with Gasteiger partial charge in [-0.15, -0.1) is 0 Å². The first kappa shape index (κ1) is 13.7. The summed E-state index contributed by atoms with van der Waals surface area (Å²) >= 11 is 3.39. The summed E-state index contributed by atoms with van der Waals surface area (Å²) in [4.78, 5) is 11.8.